The molecule has 5 N–H and O–H groups in total. The minimum atomic E-state index is -1.60. The summed E-state index contributed by atoms with van der Waals surface area (Å²) < 4.78 is 0. The standard InChI is InChI=1S/C25H28N6O3S/c1-3-30(4-2)17-9-7-16(8-10-17)24(33)29-22(21-6-5-13-35-21)23(32)25(34)31(26)18-11-12-19-20(14-18)28-15-27-19/h5-15,22-23,32H,3-4,26H2,1-2H3,(H,27,28)(H,29,33). The van der Waals surface area contributed by atoms with Crippen molar-refractivity contribution in [2.75, 3.05) is 23.0 Å². The van der Waals surface area contributed by atoms with E-state index >= 15 is 0 Å². The number of aliphatic hydroxyl groups is 1. The van der Waals surface area contributed by atoms with Gasteiger partial charge in [-0.1, -0.05) is 6.07 Å². The second-order valence-electron chi connectivity index (χ2n) is 7.94. The number of carbonyl (C=O) groups is 2. The van der Waals surface area contributed by atoms with E-state index in [0.29, 0.717) is 21.6 Å². The number of H-pyrrole nitrogens is 1. The van der Waals surface area contributed by atoms with Crippen LogP contribution < -0.4 is 21.1 Å². The van der Waals surface area contributed by atoms with Crippen molar-refractivity contribution in [3.8, 4) is 0 Å². The van der Waals surface area contributed by atoms with Gasteiger partial charge in [-0.25, -0.2) is 15.8 Å². The van der Waals surface area contributed by atoms with Gasteiger partial charge in [0, 0.05) is 29.2 Å². The number of amides is 2. The van der Waals surface area contributed by atoms with E-state index in [1.807, 2.05) is 17.5 Å². The number of aromatic nitrogens is 2. The molecule has 0 aliphatic rings. The van der Waals surface area contributed by atoms with Crippen molar-refractivity contribution in [3.05, 3.63) is 76.7 Å². The first-order valence-corrected chi connectivity index (χ1v) is 12.2. The smallest absolute Gasteiger partial charge is 0.272 e. The Morgan fingerprint density at radius 3 is 2.49 bits per heavy atom. The Kier molecular flexibility index (Phi) is 7.45. The number of rotatable bonds is 9. The van der Waals surface area contributed by atoms with Crippen LogP contribution in [0, 0.1) is 0 Å². The second kappa shape index (κ2) is 10.7. The van der Waals surface area contributed by atoms with Gasteiger partial charge in [-0.15, -0.1) is 11.3 Å². The minimum Gasteiger partial charge on any atom is -0.381 e. The van der Waals surface area contributed by atoms with Crippen LogP contribution in [0.4, 0.5) is 11.4 Å². The molecular formula is C25H28N6O3S. The van der Waals surface area contributed by atoms with Gasteiger partial charge in [0.15, 0.2) is 6.10 Å². The molecule has 0 fully saturated rings. The van der Waals surface area contributed by atoms with Gasteiger partial charge in [0.25, 0.3) is 11.8 Å². The fraction of sp³-hybridized carbons (Fsp3) is 0.240. The van der Waals surface area contributed by atoms with Gasteiger partial charge < -0.3 is 20.3 Å². The molecule has 182 valence electrons. The summed E-state index contributed by atoms with van der Waals surface area (Å²) in [4.78, 5) is 36.1. The Bertz CT molecular complexity index is 1280. The number of thiophene rings is 1. The number of fused-ring (bicyclic) bond motifs is 1. The van der Waals surface area contributed by atoms with E-state index in [4.69, 9.17) is 5.84 Å². The molecule has 0 saturated carbocycles. The Hall–Kier alpha value is -3.73. The number of anilines is 2. The molecule has 2 atom stereocenters. The van der Waals surface area contributed by atoms with E-state index in [0.717, 1.165) is 29.3 Å². The van der Waals surface area contributed by atoms with Crippen molar-refractivity contribution in [1.82, 2.24) is 15.3 Å². The molecule has 4 aromatic rings. The van der Waals surface area contributed by atoms with Gasteiger partial charge in [-0.2, -0.15) is 0 Å². The highest BCUT2D eigenvalue weighted by atomic mass is 32.1. The third kappa shape index (κ3) is 5.19. The molecule has 2 heterocycles. The summed E-state index contributed by atoms with van der Waals surface area (Å²) in [6.07, 6.45) is -0.0573. The molecule has 0 spiro atoms. The number of benzene rings is 2. The van der Waals surface area contributed by atoms with Crippen LogP contribution in [0.5, 0.6) is 0 Å². The molecule has 0 saturated heterocycles. The van der Waals surface area contributed by atoms with Gasteiger partial charge in [0.2, 0.25) is 0 Å². The average molecular weight is 493 g/mol. The molecule has 2 unspecified atom stereocenters. The lowest BCUT2D eigenvalue weighted by Gasteiger charge is -2.26. The highest BCUT2D eigenvalue weighted by molar-refractivity contribution is 7.10. The fourth-order valence-corrected chi connectivity index (χ4v) is 4.70. The van der Waals surface area contributed by atoms with Crippen LogP contribution in [-0.2, 0) is 4.79 Å². The Labute approximate surface area is 207 Å². The summed E-state index contributed by atoms with van der Waals surface area (Å²) >= 11 is 1.33. The number of hydrogen-bond donors (Lipinski definition) is 4. The summed E-state index contributed by atoms with van der Waals surface area (Å²) in [5.74, 6) is 4.93. The number of nitrogens with one attached hydrogen (secondary N) is 2. The fourth-order valence-electron chi connectivity index (χ4n) is 3.90. The molecule has 2 aromatic carbocycles. The summed E-state index contributed by atoms with van der Waals surface area (Å²) in [6.45, 7) is 5.86. The van der Waals surface area contributed by atoms with Gasteiger partial charge >= 0.3 is 0 Å². The first kappa shape index (κ1) is 24.4. The van der Waals surface area contributed by atoms with Crippen LogP contribution in [0.3, 0.4) is 0 Å². The molecular weight excluding hydrogens is 464 g/mol. The zero-order valence-electron chi connectivity index (χ0n) is 19.5. The lowest BCUT2D eigenvalue weighted by Crippen LogP contribution is -2.49. The predicted octanol–water partition coefficient (Wildman–Crippen LogP) is 3.21. The normalized spacial score (nSPS) is 12.8. The summed E-state index contributed by atoms with van der Waals surface area (Å²) in [6, 6.07) is 14.9. The van der Waals surface area contributed by atoms with E-state index in [9.17, 15) is 14.7 Å². The van der Waals surface area contributed by atoms with E-state index in [-0.39, 0.29) is 0 Å². The highest BCUT2D eigenvalue weighted by Crippen LogP contribution is 2.26. The molecule has 0 bridgehead atoms. The summed E-state index contributed by atoms with van der Waals surface area (Å²) in [5.41, 5.74) is 3.26. The van der Waals surface area contributed by atoms with Crippen LogP contribution in [-0.4, -0.2) is 46.1 Å². The van der Waals surface area contributed by atoms with Crippen LogP contribution in [0.1, 0.15) is 35.1 Å². The van der Waals surface area contributed by atoms with Gasteiger partial charge in [0.05, 0.1) is 29.1 Å². The number of hydrogen-bond acceptors (Lipinski definition) is 7. The molecule has 0 aliphatic heterocycles. The number of carbonyl (C=O) groups excluding carboxylic acids is 2. The van der Waals surface area contributed by atoms with Crippen LogP contribution in [0.2, 0.25) is 0 Å². The van der Waals surface area contributed by atoms with Crippen molar-refractivity contribution < 1.29 is 14.7 Å². The molecule has 0 radical (unpaired) electrons. The lowest BCUT2D eigenvalue weighted by molar-refractivity contribution is -0.128. The van der Waals surface area contributed by atoms with Crippen molar-refractivity contribution in [3.63, 3.8) is 0 Å². The van der Waals surface area contributed by atoms with Crippen LogP contribution in [0.15, 0.2) is 66.3 Å². The number of nitrogens with two attached hydrogens (primary N) is 1. The van der Waals surface area contributed by atoms with E-state index in [1.165, 1.54) is 11.3 Å². The number of aliphatic hydroxyl groups excluding tert-OH is 1. The molecule has 35 heavy (non-hydrogen) atoms. The van der Waals surface area contributed by atoms with Crippen molar-refractivity contribution in [2.45, 2.75) is 26.0 Å². The number of imidazole rings is 1. The third-order valence-corrected chi connectivity index (χ3v) is 6.84. The third-order valence-electron chi connectivity index (χ3n) is 5.88. The number of nitrogens with zero attached hydrogens (tertiary/aromatic N) is 3. The highest BCUT2D eigenvalue weighted by Gasteiger charge is 2.33. The molecule has 0 aliphatic carbocycles. The van der Waals surface area contributed by atoms with Gasteiger partial charge in [-0.05, 0) is 67.8 Å². The Morgan fingerprint density at radius 2 is 1.83 bits per heavy atom. The molecule has 4 rings (SSSR count). The quantitative estimate of drug-likeness (QED) is 0.161. The topological polar surface area (TPSA) is 128 Å². The zero-order valence-corrected chi connectivity index (χ0v) is 20.3. The maximum atomic E-state index is 13.1. The van der Waals surface area contributed by atoms with Crippen LogP contribution >= 0.6 is 11.3 Å². The van der Waals surface area contributed by atoms with Gasteiger partial charge in [-0.3, -0.25) is 9.59 Å². The molecule has 10 heteroatoms. The minimum absolute atomic E-state index is 0.383. The maximum absolute atomic E-state index is 13.1. The predicted molar refractivity (Wildman–Crippen MR) is 138 cm³/mol. The number of aromatic amines is 1. The van der Waals surface area contributed by atoms with E-state index < -0.39 is 24.0 Å². The lowest BCUT2D eigenvalue weighted by atomic mass is 10.1. The SMILES string of the molecule is CCN(CC)c1ccc(C(=O)NC(c2cccs2)C(O)C(=O)N(N)c2ccc3nc[nH]c3c2)cc1. The second-order valence-corrected chi connectivity index (χ2v) is 8.92. The largest absolute Gasteiger partial charge is 0.381 e. The molecule has 2 amide bonds. The molecule has 2 aromatic heterocycles. The van der Waals surface area contributed by atoms with Crippen LogP contribution in [0.25, 0.3) is 11.0 Å². The maximum Gasteiger partial charge on any atom is 0.272 e. The van der Waals surface area contributed by atoms with Crippen molar-refractivity contribution in [1.29, 1.82) is 0 Å². The zero-order chi connectivity index (χ0) is 24.9. The van der Waals surface area contributed by atoms with E-state index in [1.54, 1.807) is 48.8 Å². The summed E-state index contributed by atoms with van der Waals surface area (Å²) in [5, 5.41) is 16.5. The Morgan fingerprint density at radius 1 is 1.11 bits per heavy atom. The van der Waals surface area contributed by atoms with Gasteiger partial charge in [0.1, 0.15) is 0 Å². The van der Waals surface area contributed by atoms with E-state index in [2.05, 4.69) is 34.0 Å². The monoisotopic (exact) mass is 492 g/mol. The van der Waals surface area contributed by atoms with Crippen molar-refractivity contribution >= 4 is 45.6 Å². The molecule has 9 nitrogen and oxygen atoms in total. The first-order valence-electron chi connectivity index (χ1n) is 11.3. The Balaban J connectivity index is 1.53. The summed E-state index contributed by atoms with van der Waals surface area (Å²) in [7, 11) is 0. The average Bonchev–Trinajstić information content (AvgIpc) is 3.59. The first-order chi connectivity index (χ1) is 16.9. The van der Waals surface area contributed by atoms with Crippen molar-refractivity contribution in [2.24, 2.45) is 5.84 Å². The number of hydrazine groups is 1.